The highest BCUT2D eigenvalue weighted by Crippen LogP contribution is 2.43. The maximum Gasteiger partial charge on any atom is 0.501 e. The van der Waals surface area contributed by atoms with Gasteiger partial charge in [0.15, 0.2) is 0 Å². The van der Waals surface area contributed by atoms with Crippen LogP contribution in [0, 0.1) is 11.3 Å². The maximum atomic E-state index is 14.1. The summed E-state index contributed by atoms with van der Waals surface area (Å²) in [6.07, 6.45) is 3.58. The summed E-state index contributed by atoms with van der Waals surface area (Å²) in [6, 6.07) is 25.8. The number of alkyl halides is 3. The van der Waals surface area contributed by atoms with Crippen LogP contribution in [0.15, 0.2) is 117 Å². The summed E-state index contributed by atoms with van der Waals surface area (Å²) >= 11 is 7.64. The van der Waals surface area contributed by atoms with Gasteiger partial charge in [0.25, 0.3) is 25.8 Å². The van der Waals surface area contributed by atoms with Crippen LogP contribution in [0.2, 0.25) is 5.02 Å². The van der Waals surface area contributed by atoms with Gasteiger partial charge in [0.1, 0.15) is 4.90 Å². The molecule has 0 saturated carbocycles. The number of sulfonamides is 1. The molecule has 1 fully saturated rings. The van der Waals surface area contributed by atoms with E-state index in [1.54, 1.807) is 12.1 Å². The number of thioether (sulfide) groups is 1. The molecule has 1 atom stereocenters. The second kappa shape index (κ2) is 21.1. The van der Waals surface area contributed by atoms with E-state index < -0.39 is 52.8 Å². The molecule has 2 aliphatic rings. The fourth-order valence-corrected chi connectivity index (χ4v) is 11.0. The summed E-state index contributed by atoms with van der Waals surface area (Å²) in [7, 11) is -10.9. The van der Waals surface area contributed by atoms with Crippen molar-refractivity contribution < 1.29 is 34.8 Å². The van der Waals surface area contributed by atoms with E-state index in [2.05, 4.69) is 46.4 Å². The zero-order valence-electron chi connectivity index (χ0n) is 36.5. The lowest BCUT2D eigenvalue weighted by Crippen LogP contribution is -2.47. The largest absolute Gasteiger partial charge is 0.501 e. The number of carbonyl (C=O) groups is 1. The second-order valence-corrected chi connectivity index (χ2v) is 22.8. The van der Waals surface area contributed by atoms with Gasteiger partial charge in [0, 0.05) is 65.7 Å². The first kappa shape index (κ1) is 49.4. The molecule has 0 spiro atoms. The Hall–Kier alpha value is -4.06. The zero-order valence-corrected chi connectivity index (χ0v) is 39.8. The molecule has 0 bridgehead atoms. The Kier molecular flexibility index (Phi) is 16.2. The highest BCUT2D eigenvalue weighted by Gasteiger charge is 2.48. The highest BCUT2D eigenvalue weighted by atomic mass is 35.5. The van der Waals surface area contributed by atoms with E-state index in [1.165, 1.54) is 40.6 Å². The van der Waals surface area contributed by atoms with Gasteiger partial charge in [-0.1, -0.05) is 75.2 Å². The van der Waals surface area contributed by atoms with Crippen LogP contribution >= 0.6 is 23.4 Å². The molecule has 0 unspecified atom stereocenters. The topological polar surface area (TPSA) is 128 Å². The van der Waals surface area contributed by atoms with Gasteiger partial charge < -0.3 is 15.5 Å². The predicted molar refractivity (Wildman–Crippen MR) is 252 cm³/mol. The molecular weight excluding hydrogens is 903 g/mol. The molecule has 1 amide bonds. The smallest absolute Gasteiger partial charge is 0.380 e. The third kappa shape index (κ3) is 13.1. The summed E-state index contributed by atoms with van der Waals surface area (Å²) in [6.45, 7) is 13.9. The molecule has 1 saturated heterocycles. The third-order valence-electron chi connectivity index (χ3n) is 11.5. The van der Waals surface area contributed by atoms with Gasteiger partial charge in [-0.3, -0.25) is 9.69 Å². The van der Waals surface area contributed by atoms with Gasteiger partial charge >= 0.3 is 5.51 Å². The molecule has 346 valence electrons. The average Bonchev–Trinajstić information content (AvgIpc) is 3.25. The van der Waals surface area contributed by atoms with Gasteiger partial charge in [0.2, 0.25) is 0 Å². The average molecular weight is 961 g/mol. The molecule has 17 heteroatoms. The molecule has 10 nitrogen and oxygen atoms in total. The van der Waals surface area contributed by atoms with Crippen LogP contribution < -0.4 is 20.3 Å². The number of benzene rings is 4. The van der Waals surface area contributed by atoms with E-state index in [-0.39, 0.29) is 11.0 Å². The molecule has 4 aromatic rings. The van der Waals surface area contributed by atoms with Gasteiger partial charge in [0.05, 0.1) is 10.6 Å². The summed E-state index contributed by atoms with van der Waals surface area (Å²) in [5.74, 6) is -0.298. The number of rotatable bonds is 18. The van der Waals surface area contributed by atoms with E-state index in [1.807, 2.05) is 61.0 Å². The number of hydrogen-bond donors (Lipinski definition) is 3. The van der Waals surface area contributed by atoms with E-state index in [9.17, 15) is 34.8 Å². The first-order chi connectivity index (χ1) is 30.2. The van der Waals surface area contributed by atoms with Crippen LogP contribution in [-0.4, -0.2) is 90.8 Å². The van der Waals surface area contributed by atoms with Crippen molar-refractivity contribution in [3.63, 3.8) is 0 Å². The van der Waals surface area contributed by atoms with Crippen molar-refractivity contribution in [1.29, 1.82) is 0 Å². The van der Waals surface area contributed by atoms with Crippen LogP contribution in [0.3, 0.4) is 0 Å². The molecule has 0 aromatic heterocycles. The first-order valence-corrected chi connectivity index (χ1v) is 25.8. The number of nitrogens with zero attached hydrogens (tertiary/aromatic N) is 2. The number of piperazine rings is 1. The van der Waals surface area contributed by atoms with Gasteiger partial charge in [-0.2, -0.15) is 13.2 Å². The van der Waals surface area contributed by atoms with Crippen LogP contribution in [0.25, 0.3) is 5.57 Å². The number of nitrogens with one attached hydrogen (secondary N) is 3. The Labute approximate surface area is 385 Å². The lowest BCUT2D eigenvalue weighted by Gasteiger charge is -2.39. The second-order valence-electron chi connectivity index (χ2n) is 17.6. The van der Waals surface area contributed by atoms with Crippen molar-refractivity contribution >= 4 is 66.1 Å². The van der Waals surface area contributed by atoms with Crippen LogP contribution in [0.4, 0.5) is 24.5 Å². The molecule has 0 radical (unpaired) electrons. The highest BCUT2D eigenvalue weighted by molar-refractivity contribution is 7.99. The predicted octanol–water partition coefficient (Wildman–Crippen LogP) is 9.75. The molecule has 4 aromatic carbocycles. The number of carbonyl (C=O) groups excluding carboxylic acids is 1. The minimum absolute atomic E-state index is 0.000827. The lowest BCUT2D eigenvalue weighted by molar-refractivity contribution is -0.0435. The number of anilines is 2. The summed E-state index contributed by atoms with van der Waals surface area (Å²) in [5.41, 5.74) is -1.01. The van der Waals surface area contributed by atoms with Crippen molar-refractivity contribution in [2.45, 2.75) is 79.6 Å². The van der Waals surface area contributed by atoms with Crippen molar-refractivity contribution in [2.75, 3.05) is 61.8 Å². The SMILES string of the molecule is CC(C)CNCC[C@H](CSc1ccccc1)Nc1ccc(S(=O)(=O)NC(=O)c2ccc(N3CCN(CC4=C(c5ccc(Cl)cc5)CC(C)(C)CC4)CC3)cc2)cc1S(=O)(=O)C(F)(F)F. The van der Waals surface area contributed by atoms with Crippen LogP contribution in [0.5, 0.6) is 0 Å². The molecule has 1 aliphatic carbocycles. The number of allylic oxidation sites excluding steroid dienone is 1. The van der Waals surface area contributed by atoms with Gasteiger partial charge in [-0.25, -0.2) is 21.6 Å². The molecular formula is C47H57ClF3N5O5S3. The van der Waals surface area contributed by atoms with Crippen molar-refractivity contribution in [1.82, 2.24) is 14.9 Å². The zero-order chi connectivity index (χ0) is 46.3. The molecule has 3 N–H and O–H groups in total. The van der Waals surface area contributed by atoms with Crippen molar-refractivity contribution in [3.05, 3.63) is 119 Å². The lowest BCUT2D eigenvalue weighted by atomic mass is 9.72. The normalized spacial score (nSPS) is 16.8. The summed E-state index contributed by atoms with van der Waals surface area (Å²) in [4.78, 5) is 16.8. The summed E-state index contributed by atoms with van der Waals surface area (Å²) < 4.78 is 97.3. The standard InChI is InChI=1S/C47H57ClF3N5O5S3/c1-33(2)30-52-23-21-38(32-62-40-8-6-5-7-9-40)53-43-19-18-41(28-44(43)63(58,59)47(49,50)51)64(60,61)54-45(57)35-12-16-39(17-13-35)56-26-24-55(25-27-56)31-36-20-22-46(3,4)29-42(36)34-10-14-37(48)15-11-34/h5-19,28,33,38,52-53H,20-27,29-32H2,1-4H3,(H,54,57)/t38-/m1/s1. The minimum Gasteiger partial charge on any atom is -0.380 e. The van der Waals surface area contributed by atoms with E-state index in [0.717, 1.165) is 74.7 Å². The van der Waals surface area contributed by atoms with E-state index in [0.29, 0.717) is 42.3 Å². The monoisotopic (exact) mass is 959 g/mol. The number of halogens is 4. The van der Waals surface area contributed by atoms with Crippen LogP contribution in [0.1, 0.15) is 69.3 Å². The summed E-state index contributed by atoms with van der Waals surface area (Å²) in [5, 5.41) is 6.97. The molecule has 6 rings (SSSR count). The van der Waals surface area contributed by atoms with Crippen molar-refractivity contribution in [3.8, 4) is 0 Å². The molecule has 1 aliphatic heterocycles. The fraction of sp³-hybridized carbons (Fsp3) is 0.426. The van der Waals surface area contributed by atoms with Crippen LogP contribution in [-0.2, 0) is 19.9 Å². The van der Waals surface area contributed by atoms with Gasteiger partial charge in [-0.05, 0) is 128 Å². The Morgan fingerprint density at radius 1 is 0.891 bits per heavy atom. The van der Waals surface area contributed by atoms with Gasteiger partial charge in [-0.15, -0.1) is 11.8 Å². The number of amides is 1. The minimum atomic E-state index is -6.04. The quantitative estimate of drug-likeness (QED) is 0.0656. The molecule has 64 heavy (non-hydrogen) atoms. The third-order valence-corrected chi connectivity index (χ3v) is 15.8. The number of hydrogen-bond acceptors (Lipinski definition) is 10. The fourth-order valence-electron chi connectivity index (χ4n) is 7.90. The maximum absolute atomic E-state index is 14.1. The van der Waals surface area contributed by atoms with E-state index in [4.69, 9.17) is 11.6 Å². The first-order valence-electron chi connectivity index (χ1n) is 21.4. The Morgan fingerprint density at radius 2 is 1.56 bits per heavy atom. The number of sulfone groups is 1. The Bertz CT molecular complexity index is 2480. The van der Waals surface area contributed by atoms with E-state index >= 15 is 0 Å². The Balaban J connectivity index is 1.12. The Morgan fingerprint density at radius 3 is 2.20 bits per heavy atom. The van der Waals surface area contributed by atoms with Crippen molar-refractivity contribution in [2.24, 2.45) is 11.3 Å². The molecule has 1 heterocycles.